The number of nitrogens with one attached hydrogen (secondary N) is 2. The lowest BCUT2D eigenvalue weighted by Gasteiger charge is -2.18. The molecule has 0 aromatic carbocycles. The molecule has 0 radical (unpaired) electrons. The fourth-order valence-electron chi connectivity index (χ4n) is 2.95. The van der Waals surface area contributed by atoms with E-state index in [1.54, 1.807) is 7.05 Å². The van der Waals surface area contributed by atoms with Crippen molar-refractivity contribution >= 4 is 10.2 Å². The van der Waals surface area contributed by atoms with E-state index in [2.05, 4.69) is 51.6 Å². The van der Waals surface area contributed by atoms with Crippen molar-refractivity contribution in [1.82, 2.24) is 14.3 Å². The van der Waals surface area contributed by atoms with Gasteiger partial charge in [0.15, 0.2) is 0 Å². The third-order valence-electron chi connectivity index (χ3n) is 5.40. The fraction of sp³-hybridized carbons (Fsp3) is 1.00. The highest BCUT2D eigenvalue weighted by atomic mass is 32.2. The second-order valence-electron chi connectivity index (χ2n) is 7.63. The van der Waals surface area contributed by atoms with Crippen molar-refractivity contribution in [2.75, 3.05) is 26.7 Å². The van der Waals surface area contributed by atoms with Crippen LogP contribution in [0.4, 0.5) is 0 Å². The third-order valence-corrected chi connectivity index (χ3v) is 6.94. The summed E-state index contributed by atoms with van der Waals surface area (Å²) in [6.45, 7) is 14.9. The molecule has 0 unspecified atom stereocenters. The highest BCUT2D eigenvalue weighted by Crippen LogP contribution is 2.67. The number of nitrogens with zero attached hydrogens (tertiary/aromatic N) is 1. The van der Waals surface area contributed by atoms with Gasteiger partial charge in [-0.1, -0.05) is 41.5 Å². The average Bonchev–Trinajstić information content (AvgIpc) is 2.72. The van der Waals surface area contributed by atoms with Crippen molar-refractivity contribution in [3.63, 3.8) is 0 Å². The Morgan fingerprint density at radius 1 is 1.14 bits per heavy atom. The lowest BCUT2D eigenvalue weighted by atomic mass is 10.0. The zero-order valence-corrected chi connectivity index (χ0v) is 15.5. The van der Waals surface area contributed by atoms with Gasteiger partial charge in [-0.15, -0.1) is 0 Å². The maximum atomic E-state index is 12.2. The molecule has 0 atom stereocenters. The van der Waals surface area contributed by atoms with Crippen LogP contribution in [0, 0.1) is 16.7 Å². The van der Waals surface area contributed by atoms with Crippen molar-refractivity contribution in [1.29, 1.82) is 0 Å². The quantitative estimate of drug-likeness (QED) is 0.637. The van der Waals surface area contributed by atoms with Crippen molar-refractivity contribution in [2.45, 2.75) is 54.0 Å². The molecule has 0 aliphatic heterocycles. The van der Waals surface area contributed by atoms with Crippen LogP contribution in [0.15, 0.2) is 0 Å². The largest absolute Gasteiger partial charge is 0.314 e. The smallest absolute Gasteiger partial charge is 0.279 e. The summed E-state index contributed by atoms with van der Waals surface area (Å²) in [7, 11) is -1.72. The van der Waals surface area contributed by atoms with E-state index in [0.717, 1.165) is 13.0 Å². The predicted octanol–water partition coefficient (Wildman–Crippen LogP) is 1.82. The molecule has 5 nitrogen and oxygen atoms in total. The zero-order valence-electron chi connectivity index (χ0n) is 14.7. The summed E-state index contributed by atoms with van der Waals surface area (Å²) in [6, 6.07) is 0.435. The summed E-state index contributed by atoms with van der Waals surface area (Å²) in [6.07, 6.45) is 0.815. The van der Waals surface area contributed by atoms with E-state index in [-0.39, 0.29) is 10.8 Å². The highest BCUT2D eigenvalue weighted by Gasteiger charge is 2.64. The van der Waals surface area contributed by atoms with Gasteiger partial charge in [0, 0.05) is 26.2 Å². The van der Waals surface area contributed by atoms with E-state index < -0.39 is 10.2 Å². The van der Waals surface area contributed by atoms with Crippen LogP contribution >= 0.6 is 0 Å². The number of hydrogen-bond donors (Lipinski definition) is 2. The molecule has 6 heteroatoms. The summed E-state index contributed by atoms with van der Waals surface area (Å²) >= 11 is 0. The molecule has 1 aliphatic rings. The fourth-order valence-corrected chi connectivity index (χ4v) is 3.92. The van der Waals surface area contributed by atoms with Gasteiger partial charge in [0.25, 0.3) is 10.2 Å². The van der Waals surface area contributed by atoms with Crippen LogP contribution < -0.4 is 10.0 Å². The molecule has 1 aliphatic carbocycles. The lowest BCUT2D eigenvalue weighted by molar-refractivity contribution is 0.435. The first-order valence-corrected chi connectivity index (χ1v) is 9.31. The van der Waals surface area contributed by atoms with E-state index in [1.165, 1.54) is 4.31 Å². The molecule has 0 aromatic rings. The van der Waals surface area contributed by atoms with Gasteiger partial charge < -0.3 is 5.32 Å². The van der Waals surface area contributed by atoms with E-state index in [9.17, 15) is 8.42 Å². The zero-order chi connectivity index (χ0) is 16.5. The Hall–Kier alpha value is -0.170. The molecule has 0 spiro atoms. The summed E-state index contributed by atoms with van der Waals surface area (Å²) < 4.78 is 28.6. The van der Waals surface area contributed by atoms with Crippen molar-refractivity contribution in [3.05, 3.63) is 0 Å². The van der Waals surface area contributed by atoms with Crippen LogP contribution in [-0.2, 0) is 10.2 Å². The average molecular weight is 320 g/mol. The van der Waals surface area contributed by atoms with Gasteiger partial charge in [-0.3, -0.25) is 0 Å². The Labute approximate surface area is 131 Å². The molecule has 0 aromatic heterocycles. The molecular formula is C15H33N3O2S. The standard InChI is InChI=1S/C15H33N3O2S/c1-12(2)16-9-8-10-18(7)21(19,20)17-11-13-14(3,4)15(13,5)6/h12-13,16-17H,8-11H2,1-7H3. The molecule has 0 amide bonds. The van der Waals surface area contributed by atoms with Crippen molar-refractivity contribution in [3.8, 4) is 0 Å². The van der Waals surface area contributed by atoms with Crippen LogP contribution in [0.3, 0.4) is 0 Å². The first-order valence-electron chi connectivity index (χ1n) is 7.87. The second kappa shape index (κ2) is 6.52. The SMILES string of the molecule is CC(C)NCCCN(C)S(=O)(=O)NCC1C(C)(C)C1(C)C. The number of hydrogen-bond acceptors (Lipinski definition) is 3. The first-order chi connectivity index (χ1) is 9.43. The van der Waals surface area contributed by atoms with Gasteiger partial charge in [-0.05, 0) is 29.7 Å². The summed E-state index contributed by atoms with van der Waals surface area (Å²) in [5.74, 6) is 0.399. The Morgan fingerprint density at radius 2 is 1.67 bits per heavy atom. The van der Waals surface area contributed by atoms with E-state index >= 15 is 0 Å². The summed E-state index contributed by atoms with van der Waals surface area (Å²) in [5, 5.41) is 3.29. The molecule has 1 fully saturated rings. The van der Waals surface area contributed by atoms with Crippen LogP contribution in [0.2, 0.25) is 0 Å². The van der Waals surface area contributed by atoms with Gasteiger partial charge in [0.05, 0.1) is 0 Å². The van der Waals surface area contributed by atoms with Gasteiger partial charge in [-0.25, -0.2) is 4.72 Å². The minimum Gasteiger partial charge on any atom is -0.314 e. The third kappa shape index (κ3) is 4.41. The first kappa shape index (κ1) is 18.9. The minimum absolute atomic E-state index is 0.204. The Balaban J connectivity index is 2.37. The normalized spacial score (nSPS) is 21.2. The molecular weight excluding hydrogens is 286 g/mol. The van der Waals surface area contributed by atoms with E-state index in [0.29, 0.717) is 25.0 Å². The molecule has 0 heterocycles. The minimum atomic E-state index is -3.36. The predicted molar refractivity (Wildman–Crippen MR) is 88.4 cm³/mol. The van der Waals surface area contributed by atoms with Gasteiger partial charge in [0.1, 0.15) is 0 Å². The van der Waals surface area contributed by atoms with E-state index in [1.807, 2.05) is 0 Å². The van der Waals surface area contributed by atoms with Gasteiger partial charge >= 0.3 is 0 Å². The molecule has 21 heavy (non-hydrogen) atoms. The monoisotopic (exact) mass is 319 g/mol. The molecule has 0 saturated heterocycles. The lowest BCUT2D eigenvalue weighted by Crippen LogP contribution is -2.40. The molecule has 126 valence electrons. The Bertz CT molecular complexity index is 430. The molecule has 0 bridgehead atoms. The maximum Gasteiger partial charge on any atom is 0.279 e. The number of rotatable bonds is 9. The van der Waals surface area contributed by atoms with E-state index in [4.69, 9.17) is 0 Å². The van der Waals surface area contributed by atoms with Crippen LogP contribution in [-0.4, -0.2) is 45.4 Å². The van der Waals surface area contributed by atoms with Gasteiger partial charge in [0.2, 0.25) is 0 Å². The summed E-state index contributed by atoms with van der Waals surface area (Å²) in [5.41, 5.74) is 0.407. The van der Waals surface area contributed by atoms with Crippen molar-refractivity contribution in [2.24, 2.45) is 16.7 Å². The van der Waals surface area contributed by atoms with Gasteiger partial charge in [-0.2, -0.15) is 12.7 Å². The Morgan fingerprint density at radius 3 is 2.10 bits per heavy atom. The molecule has 1 saturated carbocycles. The maximum absolute atomic E-state index is 12.2. The highest BCUT2D eigenvalue weighted by molar-refractivity contribution is 7.87. The van der Waals surface area contributed by atoms with Crippen LogP contribution in [0.25, 0.3) is 0 Å². The van der Waals surface area contributed by atoms with Crippen LogP contribution in [0.5, 0.6) is 0 Å². The molecule has 1 rings (SSSR count). The Kier molecular flexibility index (Phi) is 5.86. The summed E-state index contributed by atoms with van der Waals surface area (Å²) in [4.78, 5) is 0. The van der Waals surface area contributed by atoms with Crippen molar-refractivity contribution < 1.29 is 8.42 Å². The topological polar surface area (TPSA) is 61.4 Å². The van der Waals surface area contributed by atoms with Crippen LogP contribution in [0.1, 0.15) is 48.0 Å². The second-order valence-corrected chi connectivity index (χ2v) is 9.50. The molecule has 2 N–H and O–H groups in total.